The summed E-state index contributed by atoms with van der Waals surface area (Å²) in [5.41, 5.74) is -0.279. The largest absolute Gasteiger partial charge is 0.299 e. The van der Waals surface area contributed by atoms with Crippen LogP contribution in [0.15, 0.2) is 12.1 Å². The third-order valence-corrected chi connectivity index (χ3v) is 2.70. The van der Waals surface area contributed by atoms with Crippen LogP contribution in [0.5, 0.6) is 0 Å². The second kappa shape index (κ2) is 3.68. The van der Waals surface area contributed by atoms with Gasteiger partial charge in [-0.05, 0) is 12.8 Å². The van der Waals surface area contributed by atoms with Gasteiger partial charge in [0.05, 0.1) is 0 Å². The van der Waals surface area contributed by atoms with Crippen LogP contribution < -0.4 is 0 Å². The van der Waals surface area contributed by atoms with Gasteiger partial charge in [0.1, 0.15) is 23.2 Å². The molecule has 0 heterocycles. The molecular weight excluding hydrogens is 205 g/mol. The van der Waals surface area contributed by atoms with Crippen molar-refractivity contribution in [2.45, 2.75) is 25.2 Å². The average Bonchev–Trinajstić information content (AvgIpc) is 2.50. The predicted octanol–water partition coefficient (Wildman–Crippen LogP) is 2.94. The Bertz CT molecular complexity index is 391. The molecule has 1 saturated carbocycles. The van der Waals surface area contributed by atoms with Crippen LogP contribution >= 0.6 is 0 Å². The highest BCUT2D eigenvalue weighted by molar-refractivity contribution is 5.87. The summed E-state index contributed by atoms with van der Waals surface area (Å²) < 4.78 is 39.2. The maximum atomic E-state index is 13.3. The highest BCUT2D eigenvalue weighted by Gasteiger charge is 2.31. The first kappa shape index (κ1) is 10.2. The Kier molecular flexibility index (Phi) is 2.50. The predicted molar refractivity (Wildman–Crippen MR) is 47.9 cm³/mol. The van der Waals surface area contributed by atoms with E-state index in [1.165, 1.54) is 0 Å². The zero-order chi connectivity index (χ0) is 11.0. The molecule has 0 radical (unpaired) electrons. The minimum absolute atomic E-state index is 0.167. The topological polar surface area (TPSA) is 17.1 Å². The summed E-state index contributed by atoms with van der Waals surface area (Å²) in [6, 6.07) is 1.23. The summed E-state index contributed by atoms with van der Waals surface area (Å²) in [4.78, 5) is 11.3. The van der Waals surface area contributed by atoms with Crippen molar-refractivity contribution < 1.29 is 18.0 Å². The molecule has 15 heavy (non-hydrogen) atoms. The molecule has 0 aliphatic heterocycles. The van der Waals surface area contributed by atoms with Crippen molar-refractivity contribution in [1.29, 1.82) is 0 Å². The van der Waals surface area contributed by atoms with E-state index in [4.69, 9.17) is 0 Å². The number of Topliss-reactive ketones (excluding diaryl/α,β-unsaturated/α-hetero) is 1. The number of carbonyl (C=O) groups excluding carboxylic acids is 1. The molecule has 0 bridgehead atoms. The fourth-order valence-corrected chi connectivity index (χ4v) is 2.01. The molecule has 4 heteroatoms. The molecule has 1 aromatic rings. The van der Waals surface area contributed by atoms with Crippen molar-refractivity contribution in [3.63, 3.8) is 0 Å². The Hall–Kier alpha value is -1.32. The molecule has 1 aliphatic carbocycles. The highest BCUT2D eigenvalue weighted by atomic mass is 19.1. The lowest BCUT2D eigenvalue weighted by Gasteiger charge is -2.10. The van der Waals surface area contributed by atoms with E-state index in [1.54, 1.807) is 0 Å². The van der Waals surface area contributed by atoms with Crippen LogP contribution in [0.3, 0.4) is 0 Å². The van der Waals surface area contributed by atoms with Gasteiger partial charge < -0.3 is 0 Å². The third kappa shape index (κ3) is 1.76. The van der Waals surface area contributed by atoms with Gasteiger partial charge >= 0.3 is 0 Å². The van der Waals surface area contributed by atoms with E-state index < -0.39 is 23.4 Å². The number of carbonyl (C=O) groups is 1. The van der Waals surface area contributed by atoms with Crippen LogP contribution in [-0.2, 0) is 4.79 Å². The maximum Gasteiger partial charge on any atom is 0.140 e. The number of benzene rings is 1. The van der Waals surface area contributed by atoms with E-state index in [2.05, 4.69) is 0 Å². The molecule has 0 N–H and O–H groups in total. The Morgan fingerprint density at radius 1 is 1.13 bits per heavy atom. The lowest BCUT2D eigenvalue weighted by atomic mass is 9.95. The number of hydrogen-bond donors (Lipinski definition) is 0. The lowest BCUT2D eigenvalue weighted by molar-refractivity contribution is -0.118. The second-order valence-electron chi connectivity index (χ2n) is 3.69. The van der Waals surface area contributed by atoms with Crippen LogP contribution in [0.4, 0.5) is 13.2 Å². The normalized spacial score (nSPS) is 21.0. The molecule has 1 aliphatic rings. The summed E-state index contributed by atoms with van der Waals surface area (Å²) in [6.45, 7) is 0. The summed E-state index contributed by atoms with van der Waals surface area (Å²) >= 11 is 0. The fourth-order valence-electron chi connectivity index (χ4n) is 2.01. The second-order valence-corrected chi connectivity index (χ2v) is 3.69. The third-order valence-electron chi connectivity index (χ3n) is 2.70. The highest BCUT2D eigenvalue weighted by Crippen LogP contribution is 2.34. The molecule has 1 nitrogen and oxygen atoms in total. The lowest BCUT2D eigenvalue weighted by Crippen LogP contribution is -2.09. The van der Waals surface area contributed by atoms with Crippen molar-refractivity contribution in [3.05, 3.63) is 35.1 Å². The monoisotopic (exact) mass is 214 g/mol. The Morgan fingerprint density at radius 2 is 1.73 bits per heavy atom. The summed E-state index contributed by atoms with van der Waals surface area (Å²) in [7, 11) is 0. The van der Waals surface area contributed by atoms with E-state index in [0.29, 0.717) is 31.4 Å². The standard InChI is InChI=1S/C11H9F3O/c12-6-4-8(13)11(9(14)5-6)7-2-1-3-10(7)15/h4-5,7H,1-3H2. The van der Waals surface area contributed by atoms with E-state index in [1.807, 2.05) is 0 Å². The minimum Gasteiger partial charge on any atom is -0.299 e. The van der Waals surface area contributed by atoms with Gasteiger partial charge in [0, 0.05) is 30.0 Å². The molecule has 0 amide bonds. The molecule has 1 unspecified atom stereocenters. The van der Waals surface area contributed by atoms with Gasteiger partial charge in [-0.2, -0.15) is 0 Å². The van der Waals surface area contributed by atoms with E-state index >= 15 is 0 Å². The average molecular weight is 214 g/mol. The van der Waals surface area contributed by atoms with Crippen molar-refractivity contribution in [2.75, 3.05) is 0 Å². The summed E-state index contributed by atoms with van der Waals surface area (Å²) in [5, 5.41) is 0. The van der Waals surface area contributed by atoms with Gasteiger partial charge in [0.15, 0.2) is 0 Å². The first-order valence-electron chi connectivity index (χ1n) is 4.76. The molecular formula is C11H9F3O. The van der Waals surface area contributed by atoms with Crippen molar-refractivity contribution >= 4 is 5.78 Å². The molecule has 1 fully saturated rings. The Morgan fingerprint density at radius 3 is 2.20 bits per heavy atom. The molecule has 0 saturated heterocycles. The smallest absolute Gasteiger partial charge is 0.140 e. The SMILES string of the molecule is O=C1CCCC1c1c(F)cc(F)cc1F. The molecule has 2 rings (SSSR count). The Balaban J connectivity index is 2.47. The summed E-state index contributed by atoms with van der Waals surface area (Å²) in [5.74, 6) is -3.79. The quantitative estimate of drug-likeness (QED) is 0.702. The number of hydrogen-bond acceptors (Lipinski definition) is 1. The first-order valence-corrected chi connectivity index (χ1v) is 4.76. The molecule has 1 aromatic carbocycles. The van der Waals surface area contributed by atoms with Gasteiger partial charge in [-0.25, -0.2) is 13.2 Å². The van der Waals surface area contributed by atoms with Gasteiger partial charge in [0.25, 0.3) is 0 Å². The van der Waals surface area contributed by atoms with Crippen molar-refractivity contribution in [3.8, 4) is 0 Å². The maximum absolute atomic E-state index is 13.3. The Labute approximate surface area is 84.9 Å². The van der Waals surface area contributed by atoms with Crippen LogP contribution in [-0.4, -0.2) is 5.78 Å². The molecule has 1 atom stereocenters. The number of halogens is 3. The number of rotatable bonds is 1. The van der Waals surface area contributed by atoms with Gasteiger partial charge in [-0.1, -0.05) is 0 Å². The van der Waals surface area contributed by atoms with Gasteiger partial charge in [0.2, 0.25) is 0 Å². The number of ketones is 1. The van der Waals surface area contributed by atoms with Crippen LogP contribution in [0.25, 0.3) is 0 Å². The van der Waals surface area contributed by atoms with Gasteiger partial charge in [-0.3, -0.25) is 4.79 Å². The van der Waals surface area contributed by atoms with E-state index in [-0.39, 0.29) is 11.3 Å². The fraction of sp³-hybridized carbons (Fsp3) is 0.364. The summed E-state index contributed by atoms with van der Waals surface area (Å²) in [6.07, 6.45) is 1.43. The van der Waals surface area contributed by atoms with Gasteiger partial charge in [-0.15, -0.1) is 0 Å². The van der Waals surface area contributed by atoms with Crippen molar-refractivity contribution in [1.82, 2.24) is 0 Å². The minimum atomic E-state index is -0.965. The first-order chi connectivity index (χ1) is 7.09. The van der Waals surface area contributed by atoms with Crippen LogP contribution in [0.1, 0.15) is 30.7 Å². The zero-order valence-electron chi connectivity index (χ0n) is 7.90. The van der Waals surface area contributed by atoms with E-state index in [9.17, 15) is 18.0 Å². The molecule has 80 valence electrons. The molecule has 0 spiro atoms. The van der Waals surface area contributed by atoms with E-state index in [0.717, 1.165) is 0 Å². The molecule has 0 aromatic heterocycles. The zero-order valence-corrected chi connectivity index (χ0v) is 7.90. The van der Waals surface area contributed by atoms with Crippen molar-refractivity contribution in [2.24, 2.45) is 0 Å². The van der Waals surface area contributed by atoms with Crippen LogP contribution in [0, 0.1) is 17.5 Å². The van der Waals surface area contributed by atoms with Crippen LogP contribution in [0.2, 0.25) is 0 Å².